The van der Waals surface area contributed by atoms with Crippen molar-refractivity contribution >= 4 is 10.8 Å². The standard InChI is InChI=1S/C56H37N3/c1-5-17-38(18-6-1)39-29-33-42(34-30-39)54-57-53(41-19-7-2-8-20-41)58-55(59-54)43-35-31-40(32-36-43)49-37-44-21-13-14-26-47(44)52-51(49)48-27-15-16-28-50(48)56(52,45-22-9-3-10-23-45)46-24-11-4-12-25-46/h1-37H. The molecule has 1 aromatic heterocycles. The first-order valence-corrected chi connectivity index (χ1v) is 20.1. The van der Waals surface area contributed by atoms with Crippen molar-refractivity contribution in [2.75, 3.05) is 0 Å². The Morgan fingerprint density at radius 1 is 0.305 bits per heavy atom. The molecule has 0 saturated carbocycles. The zero-order valence-electron chi connectivity index (χ0n) is 32.2. The number of fused-ring (bicyclic) bond motifs is 5. The van der Waals surface area contributed by atoms with Gasteiger partial charge >= 0.3 is 0 Å². The van der Waals surface area contributed by atoms with E-state index in [4.69, 9.17) is 15.0 Å². The summed E-state index contributed by atoms with van der Waals surface area (Å²) in [6.45, 7) is 0. The molecule has 10 aromatic rings. The van der Waals surface area contributed by atoms with Gasteiger partial charge in [-0.05, 0) is 72.5 Å². The number of aromatic nitrogens is 3. The van der Waals surface area contributed by atoms with Gasteiger partial charge in [0.25, 0.3) is 0 Å². The summed E-state index contributed by atoms with van der Waals surface area (Å²) in [5.74, 6) is 1.91. The molecule has 59 heavy (non-hydrogen) atoms. The van der Waals surface area contributed by atoms with Crippen LogP contribution in [0.4, 0.5) is 0 Å². The van der Waals surface area contributed by atoms with E-state index in [9.17, 15) is 0 Å². The van der Waals surface area contributed by atoms with Crippen molar-refractivity contribution in [1.29, 1.82) is 0 Å². The second kappa shape index (κ2) is 14.3. The molecule has 0 fully saturated rings. The second-order valence-electron chi connectivity index (χ2n) is 15.1. The summed E-state index contributed by atoms with van der Waals surface area (Å²) in [5, 5.41) is 2.47. The fourth-order valence-electron chi connectivity index (χ4n) is 9.14. The zero-order chi connectivity index (χ0) is 39.2. The second-order valence-corrected chi connectivity index (χ2v) is 15.1. The molecule has 0 amide bonds. The van der Waals surface area contributed by atoms with Crippen LogP contribution in [0.1, 0.15) is 22.3 Å². The van der Waals surface area contributed by atoms with Crippen LogP contribution in [0.25, 0.3) is 78.3 Å². The molecule has 0 N–H and O–H groups in total. The molecule has 11 rings (SSSR count). The Bertz CT molecular complexity index is 3070. The first-order chi connectivity index (χ1) is 29.3. The molecular formula is C56H37N3. The molecule has 0 radical (unpaired) electrons. The Hall–Kier alpha value is -7.75. The maximum Gasteiger partial charge on any atom is 0.164 e. The smallest absolute Gasteiger partial charge is 0.164 e. The molecule has 0 aliphatic heterocycles. The number of rotatable bonds is 7. The lowest BCUT2D eigenvalue weighted by Gasteiger charge is -2.35. The summed E-state index contributed by atoms with van der Waals surface area (Å²) in [7, 11) is 0. The van der Waals surface area contributed by atoms with E-state index in [0.717, 1.165) is 27.8 Å². The van der Waals surface area contributed by atoms with Crippen LogP contribution in [0.5, 0.6) is 0 Å². The molecular weight excluding hydrogens is 715 g/mol. The van der Waals surface area contributed by atoms with Crippen LogP contribution in [0.15, 0.2) is 224 Å². The topological polar surface area (TPSA) is 38.7 Å². The number of hydrogen-bond donors (Lipinski definition) is 0. The van der Waals surface area contributed by atoms with Crippen molar-refractivity contribution in [3.63, 3.8) is 0 Å². The number of hydrogen-bond acceptors (Lipinski definition) is 3. The van der Waals surface area contributed by atoms with Gasteiger partial charge in [-0.3, -0.25) is 0 Å². The molecule has 1 aliphatic rings. The van der Waals surface area contributed by atoms with E-state index < -0.39 is 5.41 Å². The SMILES string of the molecule is c1ccc(-c2ccc(-c3nc(-c4ccccc4)nc(-c4ccc(-c5cc6ccccc6c6c5-c5ccccc5C6(c5ccccc5)c5ccccc5)cc4)n3)cc2)cc1. The lowest BCUT2D eigenvalue weighted by Crippen LogP contribution is -2.28. The van der Waals surface area contributed by atoms with Crippen LogP contribution in [-0.2, 0) is 5.41 Å². The molecule has 0 saturated heterocycles. The van der Waals surface area contributed by atoms with E-state index in [0.29, 0.717) is 17.5 Å². The number of nitrogens with zero attached hydrogens (tertiary/aromatic N) is 3. The van der Waals surface area contributed by atoms with E-state index >= 15 is 0 Å². The van der Waals surface area contributed by atoms with E-state index in [-0.39, 0.29) is 0 Å². The third-order valence-corrected chi connectivity index (χ3v) is 11.8. The predicted octanol–water partition coefficient (Wildman–Crippen LogP) is 13.7. The highest BCUT2D eigenvalue weighted by atomic mass is 15.0. The third kappa shape index (κ3) is 5.78. The van der Waals surface area contributed by atoms with E-state index in [1.165, 1.54) is 55.3 Å². The first kappa shape index (κ1) is 34.5. The lowest BCUT2D eigenvalue weighted by molar-refractivity contribution is 0.775. The Kier molecular flexibility index (Phi) is 8.37. The summed E-state index contributed by atoms with van der Waals surface area (Å²) >= 11 is 0. The van der Waals surface area contributed by atoms with Gasteiger partial charge in [0.2, 0.25) is 0 Å². The van der Waals surface area contributed by atoms with E-state index in [1.807, 2.05) is 36.4 Å². The minimum Gasteiger partial charge on any atom is -0.208 e. The molecule has 0 atom stereocenters. The molecule has 3 nitrogen and oxygen atoms in total. The van der Waals surface area contributed by atoms with Gasteiger partial charge in [0, 0.05) is 16.7 Å². The van der Waals surface area contributed by atoms with Crippen molar-refractivity contribution in [3.8, 4) is 67.5 Å². The third-order valence-electron chi connectivity index (χ3n) is 11.8. The maximum atomic E-state index is 5.10. The van der Waals surface area contributed by atoms with Gasteiger partial charge in [0.1, 0.15) is 0 Å². The summed E-state index contributed by atoms with van der Waals surface area (Å²) in [4.78, 5) is 15.2. The average molecular weight is 752 g/mol. The largest absolute Gasteiger partial charge is 0.208 e. The molecule has 0 spiro atoms. The highest BCUT2D eigenvalue weighted by Crippen LogP contribution is 2.60. The molecule has 0 unspecified atom stereocenters. The lowest BCUT2D eigenvalue weighted by atomic mass is 9.66. The van der Waals surface area contributed by atoms with Crippen LogP contribution < -0.4 is 0 Å². The highest BCUT2D eigenvalue weighted by molar-refractivity contribution is 6.06. The summed E-state index contributed by atoms with van der Waals surface area (Å²) in [5.41, 5.74) is 14.6. The quantitative estimate of drug-likeness (QED) is 0.163. The summed E-state index contributed by atoms with van der Waals surface area (Å²) < 4.78 is 0. The van der Waals surface area contributed by atoms with E-state index in [2.05, 4.69) is 188 Å². The average Bonchev–Trinajstić information content (AvgIpc) is 3.65. The maximum absolute atomic E-state index is 5.10. The van der Waals surface area contributed by atoms with Crippen molar-refractivity contribution in [2.24, 2.45) is 0 Å². The molecule has 0 bridgehead atoms. The molecule has 1 heterocycles. The molecule has 1 aliphatic carbocycles. The van der Waals surface area contributed by atoms with Crippen LogP contribution in [0, 0.1) is 0 Å². The van der Waals surface area contributed by atoms with Crippen LogP contribution >= 0.6 is 0 Å². The predicted molar refractivity (Wildman–Crippen MR) is 242 cm³/mol. The van der Waals surface area contributed by atoms with Gasteiger partial charge in [-0.15, -0.1) is 0 Å². The van der Waals surface area contributed by atoms with Gasteiger partial charge in [0.15, 0.2) is 17.5 Å². The van der Waals surface area contributed by atoms with Gasteiger partial charge < -0.3 is 0 Å². The highest BCUT2D eigenvalue weighted by Gasteiger charge is 2.48. The molecule has 3 heteroatoms. The van der Waals surface area contributed by atoms with E-state index in [1.54, 1.807) is 0 Å². The summed E-state index contributed by atoms with van der Waals surface area (Å²) in [6.07, 6.45) is 0. The Morgan fingerprint density at radius 3 is 1.29 bits per heavy atom. The van der Waals surface area contributed by atoms with Crippen molar-refractivity contribution < 1.29 is 0 Å². The monoisotopic (exact) mass is 751 g/mol. The van der Waals surface area contributed by atoms with Gasteiger partial charge in [-0.25, -0.2) is 15.0 Å². The normalized spacial score (nSPS) is 12.5. The fraction of sp³-hybridized carbons (Fsp3) is 0.0179. The van der Waals surface area contributed by atoms with Crippen LogP contribution in [0.3, 0.4) is 0 Å². The van der Waals surface area contributed by atoms with Crippen LogP contribution in [-0.4, -0.2) is 15.0 Å². The zero-order valence-corrected chi connectivity index (χ0v) is 32.2. The van der Waals surface area contributed by atoms with Gasteiger partial charge in [0.05, 0.1) is 5.41 Å². The van der Waals surface area contributed by atoms with Crippen molar-refractivity contribution in [3.05, 3.63) is 247 Å². The molecule has 9 aromatic carbocycles. The van der Waals surface area contributed by atoms with Crippen molar-refractivity contribution in [1.82, 2.24) is 15.0 Å². The number of benzene rings is 9. The van der Waals surface area contributed by atoms with Gasteiger partial charge in [-0.2, -0.15) is 0 Å². The summed E-state index contributed by atoms with van der Waals surface area (Å²) in [6, 6.07) is 80.1. The Morgan fingerprint density at radius 2 is 0.712 bits per heavy atom. The van der Waals surface area contributed by atoms with Crippen LogP contribution in [0.2, 0.25) is 0 Å². The minimum atomic E-state index is -0.515. The fourth-order valence-corrected chi connectivity index (χ4v) is 9.14. The van der Waals surface area contributed by atoms with Crippen molar-refractivity contribution in [2.45, 2.75) is 5.41 Å². The Balaban J connectivity index is 1.08. The minimum absolute atomic E-state index is 0.515. The molecule has 276 valence electrons. The Labute approximate surface area is 344 Å². The first-order valence-electron chi connectivity index (χ1n) is 20.1. The van der Waals surface area contributed by atoms with Gasteiger partial charge in [-0.1, -0.05) is 218 Å².